The highest BCUT2D eigenvalue weighted by molar-refractivity contribution is 5.97. The Bertz CT molecular complexity index is 764. The van der Waals surface area contributed by atoms with Crippen LogP contribution in [0.2, 0.25) is 0 Å². The molecule has 5 nitrogen and oxygen atoms in total. The number of imidazole rings is 1. The molecule has 5 heteroatoms. The van der Waals surface area contributed by atoms with Crippen LogP contribution in [0.5, 0.6) is 0 Å². The van der Waals surface area contributed by atoms with E-state index in [1.54, 1.807) is 10.6 Å². The fourth-order valence-corrected chi connectivity index (χ4v) is 3.51. The topological polar surface area (TPSA) is 66.9 Å². The van der Waals surface area contributed by atoms with Crippen molar-refractivity contribution in [2.75, 3.05) is 6.54 Å². The number of nitrogens with zero attached hydrogens (tertiary/aromatic N) is 1. The SMILES string of the molecule is O=C(NCC1CCCC1)c1ccc2[nH]c(=O)n(C3CC3)c2c1. The van der Waals surface area contributed by atoms with E-state index in [9.17, 15) is 9.59 Å². The van der Waals surface area contributed by atoms with Gasteiger partial charge in [0.25, 0.3) is 5.91 Å². The van der Waals surface area contributed by atoms with Crippen molar-refractivity contribution >= 4 is 16.9 Å². The number of fused-ring (bicyclic) bond motifs is 1. The lowest BCUT2D eigenvalue weighted by atomic mass is 10.1. The summed E-state index contributed by atoms with van der Waals surface area (Å²) < 4.78 is 1.79. The number of H-pyrrole nitrogens is 1. The van der Waals surface area contributed by atoms with E-state index in [-0.39, 0.29) is 11.6 Å². The maximum absolute atomic E-state index is 12.3. The summed E-state index contributed by atoms with van der Waals surface area (Å²) >= 11 is 0. The molecule has 116 valence electrons. The Hall–Kier alpha value is -2.04. The number of carbonyl (C=O) groups excluding carboxylic acids is 1. The first-order chi connectivity index (χ1) is 10.7. The molecule has 1 amide bonds. The standard InChI is InChI=1S/C17H21N3O2/c21-16(18-10-11-3-1-2-4-11)12-5-8-14-15(9-12)20(13-6-7-13)17(22)19-14/h5,8-9,11,13H,1-4,6-7,10H2,(H,18,21)(H,19,22). The van der Waals surface area contributed by atoms with Crippen LogP contribution in [0.4, 0.5) is 0 Å². The molecule has 4 rings (SSSR count). The van der Waals surface area contributed by atoms with E-state index in [0.717, 1.165) is 30.4 Å². The molecule has 0 atom stereocenters. The molecular weight excluding hydrogens is 278 g/mol. The molecular formula is C17H21N3O2. The highest BCUT2D eigenvalue weighted by Gasteiger charge is 2.27. The molecule has 0 spiro atoms. The molecule has 1 heterocycles. The Balaban J connectivity index is 1.57. The van der Waals surface area contributed by atoms with Crippen molar-refractivity contribution in [2.45, 2.75) is 44.6 Å². The van der Waals surface area contributed by atoms with Crippen molar-refractivity contribution in [3.8, 4) is 0 Å². The van der Waals surface area contributed by atoms with Crippen LogP contribution in [0.3, 0.4) is 0 Å². The normalized spacial score (nSPS) is 18.9. The van der Waals surface area contributed by atoms with Gasteiger partial charge in [-0.3, -0.25) is 9.36 Å². The van der Waals surface area contributed by atoms with Crippen LogP contribution < -0.4 is 11.0 Å². The summed E-state index contributed by atoms with van der Waals surface area (Å²) in [4.78, 5) is 27.2. The molecule has 22 heavy (non-hydrogen) atoms. The van der Waals surface area contributed by atoms with E-state index in [1.807, 2.05) is 12.1 Å². The second kappa shape index (κ2) is 5.30. The summed E-state index contributed by atoms with van der Waals surface area (Å²) in [6.45, 7) is 0.763. The lowest BCUT2D eigenvalue weighted by Gasteiger charge is -2.11. The molecule has 1 aromatic carbocycles. The fourth-order valence-electron chi connectivity index (χ4n) is 3.51. The van der Waals surface area contributed by atoms with E-state index in [4.69, 9.17) is 0 Å². The van der Waals surface area contributed by atoms with Crippen molar-refractivity contribution in [3.05, 3.63) is 34.2 Å². The Morgan fingerprint density at radius 2 is 2.00 bits per heavy atom. The zero-order chi connectivity index (χ0) is 15.1. The number of rotatable bonds is 4. The Morgan fingerprint density at radius 1 is 1.23 bits per heavy atom. The van der Waals surface area contributed by atoms with E-state index in [2.05, 4.69) is 10.3 Å². The fraction of sp³-hybridized carbons (Fsp3) is 0.529. The molecule has 2 fully saturated rings. The van der Waals surface area contributed by atoms with Gasteiger partial charge in [0.1, 0.15) is 0 Å². The summed E-state index contributed by atoms with van der Waals surface area (Å²) in [5.74, 6) is 0.592. The average molecular weight is 299 g/mol. The lowest BCUT2D eigenvalue weighted by molar-refractivity contribution is 0.0947. The predicted molar refractivity (Wildman–Crippen MR) is 85.1 cm³/mol. The number of nitrogens with one attached hydrogen (secondary N) is 2. The van der Waals surface area contributed by atoms with Gasteiger partial charge in [-0.2, -0.15) is 0 Å². The average Bonchev–Trinajstić information content (AvgIpc) is 3.10. The zero-order valence-electron chi connectivity index (χ0n) is 12.6. The quantitative estimate of drug-likeness (QED) is 0.911. The molecule has 2 aromatic rings. The molecule has 2 aliphatic rings. The third-order valence-electron chi connectivity index (χ3n) is 4.92. The van der Waals surface area contributed by atoms with Gasteiger partial charge in [0, 0.05) is 18.2 Å². The van der Waals surface area contributed by atoms with Gasteiger partial charge in [-0.25, -0.2) is 4.79 Å². The van der Waals surface area contributed by atoms with Crippen molar-refractivity contribution in [2.24, 2.45) is 5.92 Å². The number of aromatic nitrogens is 2. The maximum atomic E-state index is 12.3. The van der Waals surface area contributed by atoms with Crippen molar-refractivity contribution < 1.29 is 4.79 Å². The second-order valence-corrected chi connectivity index (χ2v) is 6.62. The van der Waals surface area contributed by atoms with Crippen LogP contribution in [0.1, 0.15) is 54.9 Å². The van der Waals surface area contributed by atoms with E-state index < -0.39 is 0 Å². The molecule has 0 aliphatic heterocycles. The van der Waals surface area contributed by atoms with Gasteiger partial charge in [-0.1, -0.05) is 12.8 Å². The first-order valence-electron chi connectivity index (χ1n) is 8.25. The van der Waals surface area contributed by atoms with Crippen LogP contribution in [0.15, 0.2) is 23.0 Å². The molecule has 0 unspecified atom stereocenters. The van der Waals surface area contributed by atoms with Gasteiger partial charge in [0.2, 0.25) is 0 Å². The van der Waals surface area contributed by atoms with Gasteiger partial charge in [0.15, 0.2) is 0 Å². The lowest BCUT2D eigenvalue weighted by Crippen LogP contribution is -2.28. The van der Waals surface area contributed by atoms with Crippen LogP contribution >= 0.6 is 0 Å². The number of aromatic amines is 1. The highest BCUT2D eigenvalue weighted by atomic mass is 16.2. The molecule has 0 bridgehead atoms. The summed E-state index contributed by atoms with van der Waals surface area (Å²) in [5.41, 5.74) is 2.23. The number of hydrogen-bond donors (Lipinski definition) is 2. The first-order valence-corrected chi connectivity index (χ1v) is 8.25. The molecule has 0 radical (unpaired) electrons. The van der Waals surface area contributed by atoms with Gasteiger partial charge < -0.3 is 10.3 Å². The van der Waals surface area contributed by atoms with Gasteiger partial charge in [-0.15, -0.1) is 0 Å². The third-order valence-corrected chi connectivity index (χ3v) is 4.92. The molecule has 1 aromatic heterocycles. The van der Waals surface area contributed by atoms with E-state index >= 15 is 0 Å². The summed E-state index contributed by atoms with van der Waals surface area (Å²) in [6.07, 6.45) is 7.10. The van der Waals surface area contributed by atoms with Crippen molar-refractivity contribution in [3.63, 3.8) is 0 Å². The number of carbonyl (C=O) groups is 1. The minimum absolute atomic E-state index is 0.0372. The smallest absolute Gasteiger partial charge is 0.326 e. The summed E-state index contributed by atoms with van der Waals surface area (Å²) in [5, 5.41) is 3.04. The van der Waals surface area contributed by atoms with Crippen molar-refractivity contribution in [1.82, 2.24) is 14.9 Å². The van der Waals surface area contributed by atoms with E-state index in [1.165, 1.54) is 25.7 Å². The predicted octanol–water partition coefficient (Wildman–Crippen LogP) is 2.58. The van der Waals surface area contributed by atoms with Crippen LogP contribution in [-0.2, 0) is 0 Å². The zero-order valence-corrected chi connectivity index (χ0v) is 12.6. The van der Waals surface area contributed by atoms with Crippen molar-refractivity contribution in [1.29, 1.82) is 0 Å². The van der Waals surface area contributed by atoms with Crippen LogP contribution in [0, 0.1) is 5.92 Å². The Kier molecular flexibility index (Phi) is 3.28. The highest BCUT2D eigenvalue weighted by Crippen LogP contribution is 2.35. The molecule has 2 aliphatic carbocycles. The maximum Gasteiger partial charge on any atom is 0.326 e. The van der Waals surface area contributed by atoms with E-state index in [0.29, 0.717) is 17.5 Å². The molecule has 0 saturated heterocycles. The monoisotopic (exact) mass is 299 g/mol. The third kappa shape index (κ3) is 2.45. The van der Waals surface area contributed by atoms with Crippen LogP contribution in [0.25, 0.3) is 11.0 Å². The molecule has 2 saturated carbocycles. The molecule has 2 N–H and O–H groups in total. The van der Waals surface area contributed by atoms with Gasteiger partial charge in [-0.05, 0) is 49.8 Å². The van der Waals surface area contributed by atoms with Gasteiger partial charge >= 0.3 is 5.69 Å². The Labute approximate surface area is 128 Å². The number of amides is 1. The minimum atomic E-state index is -0.0685. The van der Waals surface area contributed by atoms with Gasteiger partial charge in [0.05, 0.1) is 11.0 Å². The number of benzene rings is 1. The summed E-state index contributed by atoms with van der Waals surface area (Å²) in [6, 6.07) is 5.77. The Morgan fingerprint density at radius 3 is 2.73 bits per heavy atom. The summed E-state index contributed by atoms with van der Waals surface area (Å²) in [7, 11) is 0. The van der Waals surface area contributed by atoms with Crippen LogP contribution in [-0.4, -0.2) is 22.0 Å². The second-order valence-electron chi connectivity index (χ2n) is 6.62. The number of hydrogen-bond acceptors (Lipinski definition) is 2. The minimum Gasteiger partial charge on any atom is -0.352 e. The largest absolute Gasteiger partial charge is 0.352 e. The first kappa shape index (κ1) is 13.6.